The summed E-state index contributed by atoms with van der Waals surface area (Å²) >= 11 is 3.20. The number of amides is 1. The summed E-state index contributed by atoms with van der Waals surface area (Å²) in [6.45, 7) is 0.888. The number of carbonyl (C=O) groups excluding carboxylic acids is 1. The van der Waals surface area contributed by atoms with Crippen LogP contribution in [0.15, 0.2) is 30.3 Å². The molecule has 0 saturated carbocycles. The van der Waals surface area contributed by atoms with E-state index in [1.165, 1.54) is 32.0 Å². The van der Waals surface area contributed by atoms with Crippen LogP contribution in [0.2, 0.25) is 0 Å². The Kier molecular flexibility index (Phi) is 4.31. The Balaban J connectivity index is 1.54. The van der Waals surface area contributed by atoms with Gasteiger partial charge in [-0.3, -0.25) is 4.79 Å². The monoisotopic (exact) mass is 394 g/mol. The minimum Gasteiger partial charge on any atom is -0.347 e. The molecule has 8 heteroatoms. The summed E-state index contributed by atoms with van der Waals surface area (Å²) in [5, 5.41) is 4.19. The lowest BCUT2D eigenvalue weighted by molar-refractivity contribution is 0.0925. The van der Waals surface area contributed by atoms with Crippen molar-refractivity contribution in [2.24, 2.45) is 0 Å². The lowest BCUT2D eigenvalue weighted by Crippen LogP contribution is -2.49. The van der Waals surface area contributed by atoms with Gasteiger partial charge in [0, 0.05) is 33.9 Å². The topological polar surface area (TPSA) is 66.5 Å². The third kappa shape index (κ3) is 3.31. The van der Waals surface area contributed by atoms with Crippen molar-refractivity contribution >= 4 is 58.1 Å². The van der Waals surface area contributed by atoms with E-state index >= 15 is 0 Å². The predicted octanol–water partition coefficient (Wildman–Crippen LogP) is 3.27. The van der Waals surface area contributed by atoms with Crippen molar-refractivity contribution in [2.75, 3.05) is 19.3 Å². The molecule has 1 N–H and O–H groups in total. The average Bonchev–Trinajstić information content (AvgIpc) is 3.12. The molecular formula is C17H18N2O3S3. The Hall–Kier alpha value is -1.48. The fourth-order valence-corrected chi connectivity index (χ4v) is 6.57. The van der Waals surface area contributed by atoms with E-state index in [1.807, 2.05) is 18.2 Å². The number of piperidine rings is 1. The molecule has 3 heterocycles. The number of hydrogen-bond acceptors (Lipinski definition) is 5. The van der Waals surface area contributed by atoms with Gasteiger partial charge < -0.3 is 5.32 Å². The minimum absolute atomic E-state index is 0.113. The molecule has 5 nitrogen and oxygen atoms in total. The molecule has 0 unspecified atom stereocenters. The number of nitrogens with zero attached hydrogens (tertiary/aromatic N) is 1. The molecule has 1 saturated heterocycles. The van der Waals surface area contributed by atoms with Crippen molar-refractivity contribution in [3.63, 3.8) is 0 Å². The zero-order valence-electron chi connectivity index (χ0n) is 13.7. The first kappa shape index (κ1) is 17.0. The molecule has 1 aliphatic rings. The number of carbonyl (C=O) groups is 1. The van der Waals surface area contributed by atoms with Gasteiger partial charge in [0.15, 0.2) is 0 Å². The molecule has 132 valence electrons. The number of hydrogen-bond donors (Lipinski definition) is 1. The van der Waals surface area contributed by atoms with Gasteiger partial charge in [0.1, 0.15) is 0 Å². The van der Waals surface area contributed by atoms with Gasteiger partial charge in [-0.1, -0.05) is 18.2 Å². The number of sulfonamides is 1. The van der Waals surface area contributed by atoms with Crippen LogP contribution >= 0.6 is 22.7 Å². The average molecular weight is 395 g/mol. The van der Waals surface area contributed by atoms with Gasteiger partial charge in [0.05, 0.1) is 15.8 Å². The van der Waals surface area contributed by atoms with Crippen molar-refractivity contribution in [1.82, 2.24) is 9.62 Å². The first-order valence-electron chi connectivity index (χ1n) is 8.09. The summed E-state index contributed by atoms with van der Waals surface area (Å²) in [7, 11) is -3.21. The maximum Gasteiger partial charge on any atom is 0.261 e. The number of benzene rings is 1. The lowest BCUT2D eigenvalue weighted by atomic mass is 10.1. The van der Waals surface area contributed by atoms with Gasteiger partial charge in [0.25, 0.3) is 5.91 Å². The van der Waals surface area contributed by atoms with Crippen LogP contribution < -0.4 is 5.32 Å². The molecule has 1 amide bonds. The van der Waals surface area contributed by atoms with Crippen LogP contribution in [0.25, 0.3) is 19.5 Å². The molecule has 0 spiro atoms. The third-order valence-electron chi connectivity index (χ3n) is 4.46. The van der Waals surface area contributed by atoms with E-state index in [2.05, 4.69) is 17.4 Å². The Labute approximate surface area is 154 Å². The lowest BCUT2D eigenvalue weighted by Gasteiger charge is -2.31. The summed E-state index contributed by atoms with van der Waals surface area (Å²) in [6.07, 6.45) is 2.79. The molecule has 0 radical (unpaired) electrons. The highest BCUT2D eigenvalue weighted by atomic mass is 32.2. The van der Waals surface area contributed by atoms with Crippen LogP contribution in [0.5, 0.6) is 0 Å². The van der Waals surface area contributed by atoms with Crippen molar-refractivity contribution in [1.29, 1.82) is 0 Å². The molecule has 4 rings (SSSR count). The normalized spacial score (nSPS) is 19.5. The van der Waals surface area contributed by atoms with Crippen molar-refractivity contribution < 1.29 is 13.2 Å². The molecule has 25 heavy (non-hydrogen) atoms. The zero-order valence-corrected chi connectivity index (χ0v) is 16.1. The number of fused-ring (bicyclic) bond motifs is 3. The summed E-state index contributed by atoms with van der Waals surface area (Å²) in [6, 6.07) is 10.0. The third-order valence-corrected chi connectivity index (χ3v) is 8.15. The zero-order chi connectivity index (χ0) is 17.6. The van der Waals surface area contributed by atoms with Crippen LogP contribution in [-0.4, -0.2) is 44.0 Å². The SMILES string of the molecule is CS(=O)(=O)N1CCC[C@@H](NC(=O)c2cc3sc4ccccc4c3s2)C1. The van der Waals surface area contributed by atoms with Gasteiger partial charge in [-0.15, -0.1) is 22.7 Å². The van der Waals surface area contributed by atoms with Crippen LogP contribution in [-0.2, 0) is 10.0 Å². The predicted molar refractivity (Wildman–Crippen MR) is 104 cm³/mol. The molecule has 0 aliphatic carbocycles. The summed E-state index contributed by atoms with van der Waals surface area (Å²) in [5.41, 5.74) is 0. The molecule has 2 aromatic heterocycles. The van der Waals surface area contributed by atoms with Gasteiger partial charge >= 0.3 is 0 Å². The van der Waals surface area contributed by atoms with E-state index in [9.17, 15) is 13.2 Å². The molecule has 1 atom stereocenters. The molecule has 3 aromatic rings. The second-order valence-corrected chi connectivity index (χ2v) is 10.5. The van der Waals surface area contributed by atoms with Crippen LogP contribution in [0.3, 0.4) is 0 Å². The van der Waals surface area contributed by atoms with Crippen molar-refractivity contribution in [3.8, 4) is 0 Å². The summed E-state index contributed by atoms with van der Waals surface area (Å²) in [5.74, 6) is -0.113. The van der Waals surface area contributed by atoms with Crippen molar-refractivity contribution in [2.45, 2.75) is 18.9 Å². The van der Waals surface area contributed by atoms with E-state index in [0.29, 0.717) is 18.0 Å². The van der Waals surface area contributed by atoms with E-state index < -0.39 is 10.0 Å². The maximum absolute atomic E-state index is 12.6. The second-order valence-electron chi connectivity index (χ2n) is 6.34. The Morgan fingerprint density at radius 2 is 2.04 bits per heavy atom. The Morgan fingerprint density at radius 3 is 2.84 bits per heavy atom. The second kappa shape index (κ2) is 6.35. The van der Waals surface area contributed by atoms with E-state index in [4.69, 9.17) is 0 Å². The van der Waals surface area contributed by atoms with E-state index in [0.717, 1.165) is 22.2 Å². The van der Waals surface area contributed by atoms with E-state index in [1.54, 1.807) is 11.3 Å². The number of thiophene rings is 2. The smallest absolute Gasteiger partial charge is 0.261 e. The Bertz CT molecular complexity index is 1050. The minimum atomic E-state index is -3.21. The highest BCUT2D eigenvalue weighted by Gasteiger charge is 2.27. The summed E-state index contributed by atoms with van der Waals surface area (Å²) in [4.78, 5) is 13.3. The highest BCUT2D eigenvalue weighted by Crippen LogP contribution is 2.39. The maximum atomic E-state index is 12.6. The quantitative estimate of drug-likeness (QED) is 0.741. The first-order valence-corrected chi connectivity index (χ1v) is 11.6. The summed E-state index contributed by atoms with van der Waals surface area (Å²) < 4.78 is 28.4. The fourth-order valence-electron chi connectivity index (χ4n) is 3.23. The van der Waals surface area contributed by atoms with Gasteiger partial charge in [0.2, 0.25) is 10.0 Å². The highest BCUT2D eigenvalue weighted by molar-refractivity contribution is 7.88. The first-order chi connectivity index (χ1) is 11.9. The largest absolute Gasteiger partial charge is 0.347 e. The Morgan fingerprint density at radius 1 is 1.24 bits per heavy atom. The van der Waals surface area contributed by atoms with Gasteiger partial charge in [-0.25, -0.2) is 12.7 Å². The van der Waals surface area contributed by atoms with Crippen molar-refractivity contribution in [3.05, 3.63) is 35.2 Å². The molecule has 1 aromatic carbocycles. The molecule has 1 aliphatic heterocycles. The van der Waals surface area contributed by atoms with Crippen LogP contribution in [0.1, 0.15) is 22.5 Å². The number of rotatable bonds is 3. The molecule has 1 fully saturated rings. The fraction of sp³-hybridized carbons (Fsp3) is 0.353. The molecule has 0 bridgehead atoms. The van der Waals surface area contributed by atoms with Gasteiger partial charge in [-0.05, 0) is 25.0 Å². The van der Waals surface area contributed by atoms with Gasteiger partial charge in [-0.2, -0.15) is 0 Å². The van der Waals surface area contributed by atoms with Crippen LogP contribution in [0.4, 0.5) is 0 Å². The van der Waals surface area contributed by atoms with E-state index in [-0.39, 0.29) is 11.9 Å². The molecular weight excluding hydrogens is 376 g/mol. The number of nitrogens with one attached hydrogen (secondary N) is 1. The van der Waals surface area contributed by atoms with Crippen LogP contribution in [0, 0.1) is 0 Å². The standard InChI is InChI=1S/C17H18N2O3S3/c1-25(21,22)19-8-4-5-11(10-19)18-17(20)15-9-14-16(24-15)12-6-2-3-7-13(12)23-14/h2-3,6-7,9,11H,4-5,8,10H2,1H3,(H,18,20)/t11-/m1/s1.